The Morgan fingerprint density at radius 3 is 2.29 bits per heavy atom. The molecule has 0 saturated heterocycles. The van der Waals surface area contributed by atoms with E-state index in [4.69, 9.17) is 5.11 Å². The largest absolute Gasteiger partial charge is 0.395 e. The smallest absolute Gasteiger partial charge is 0.309 e. The lowest BCUT2D eigenvalue weighted by Gasteiger charge is -2.29. The predicted molar refractivity (Wildman–Crippen MR) is 79.7 cm³/mol. The summed E-state index contributed by atoms with van der Waals surface area (Å²) in [6, 6.07) is 10.2. The van der Waals surface area contributed by atoms with E-state index in [1.807, 2.05) is 18.2 Å². The molecule has 2 rings (SSSR count). The van der Waals surface area contributed by atoms with Crippen LogP contribution in [0.1, 0.15) is 31.2 Å². The highest BCUT2D eigenvalue weighted by Gasteiger charge is 2.36. The van der Waals surface area contributed by atoms with E-state index in [0.717, 1.165) is 25.7 Å². The highest BCUT2D eigenvalue weighted by atomic mass is 16.3. The van der Waals surface area contributed by atoms with Crippen LogP contribution >= 0.6 is 0 Å². The number of benzene rings is 1. The summed E-state index contributed by atoms with van der Waals surface area (Å²) in [6.45, 7) is 0.394. The third-order valence-electron chi connectivity index (χ3n) is 4.14. The average molecular weight is 290 g/mol. The van der Waals surface area contributed by atoms with Crippen molar-refractivity contribution in [3.05, 3.63) is 35.9 Å². The Bertz CT molecular complexity index is 482. The van der Waals surface area contributed by atoms with Gasteiger partial charge in [-0.3, -0.25) is 9.59 Å². The molecule has 3 N–H and O–H groups in total. The maximum Gasteiger partial charge on any atom is 0.309 e. The predicted octanol–water partition coefficient (Wildman–Crippen LogP) is 0.723. The lowest BCUT2D eigenvalue weighted by atomic mass is 9.79. The number of amides is 2. The second kappa shape index (κ2) is 7.22. The lowest BCUT2D eigenvalue weighted by Crippen LogP contribution is -2.46. The molecule has 0 bridgehead atoms. The van der Waals surface area contributed by atoms with E-state index in [9.17, 15) is 9.59 Å². The highest BCUT2D eigenvalue weighted by molar-refractivity contribution is 6.35. The number of nitrogens with one attached hydrogen (secondary N) is 2. The summed E-state index contributed by atoms with van der Waals surface area (Å²) in [4.78, 5) is 23.3. The van der Waals surface area contributed by atoms with E-state index in [1.54, 1.807) is 0 Å². The number of aliphatic hydroxyl groups excluding tert-OH is 1. The fourth-order valence-corrected chi connectivity index (χ4v) is 2.99. The Balaban J connectivity index is 1.98. The number of carbonyl (C=O) groups excluding carboxylic acids is 2. The van der Waals surface area contributed by atoms with Crippen LogP contribution in [0.5, 0.6) is 0 Å². The summed E-state index contributed by atoms with van der Waals surface area (Å²) in [5.74, 6) is -1.32. The Hall–Kier alpha value is -1.88. The first-order valence-corrected chi connectivity index (χ1v) is 7.40. The third kappa shape index (κ3) is 3.82. The zero-order valence-corrected chi connectivity index (χ0v) is 12.1. The summed E-state index contributed by atoms with van der Waals surface area (Å²) < 4.78 is 0. The van der Waals surface area contributed by atoms with Gasteiger partial charge in [0.25, 0.3) is 0 Å². The molecule has 5 heteroatoms. The molecule has 114 valence electrons. The minimum atomic E-state index is -0.690. The first kappa shape index (κ1) is 15.5. The van der Waals surface area contributed by atoms with Crippen molar-refractivity contribution >= 4 is 11.8 Å². The molecule has 0 radical (unpaired) electrons. The van der Waals surface area contributed by atoms with Gasteiger partial charge >= 0.3 is 11.8 Å². The topological polar surface area (TPSA) is 78.4 Å². The van der Waals surface area contributed by atoms with Gasteiger partial charge in [-0.25, -0.2) is 0 Å². The summed E-state index contributed by atoms with van der Waals surface area (Å²) in [5.41, 5.74) is 1.16. The molecular formula is C16H22N2O3. The van der Waals surface area contributed by atoms with Gasteiger partial charge in [-0.15, -0.1) is 0 Å². The van der Waals surface area contributed by atoms with Crippen molar-refractivity contribution in [2.24, 2.45) is 0 Å². The van der Waals surface area contributed by atoms with Crippen LogP contribution in [0.4, 0.5) is 0 Å². The molecule has 5 nitrogen and oxygen atoms in total. The summed E-state index contributed by atoms with van der Waals surface area (Å²) in [6.07, 6.45) is 4.33. The first-order chi connectivity index (χ1) is 10.2. The van der Waals surface area contributed by atoms with Crippen LogP contribution in [-0.2, 0) is 15.0 Å². The fraction of sp³-hybridized carbons (Fsp3) is 0.500. The second-order valence-corrected chi connectivity index (χ2v) is 5.52. The number of aliphatic hydroxyl groups is 1. The van der Waals surface area contributed by atoms with Crippen molar-refractivity contribution in [2.45, 2.75) is 31.1 Å². The van der Waals surface area contributed by atoms with Crippen LogP contribution < -0.4 is 10.6 Å². The zero-order chi connectivity index (χ0) is 15.1. The summed E-state index contributed by atoms with van der Waals surface area (Å²) >= 11 is 0. The van der Waals surface area contributed by atoms with Crippen molar-refractivity contribution in [1.82, 2.24) is 10.6 Å². The molecule has 21 heavy (non-hydrogen) atoms. The third-order valence-corrected chi connectivity index (χ3v) is 4.14. The number of rotatable bonds is 5. The van der Waals surface area contributed by atoms with Gasteiger partial charge in [0.05, 0.1) is 6.61 Å². The molecule has 0 spiro atoms. The fourth-order valence-electron chi connectivity index (χ4n) is 2.99. The van der Waals surface area contributed by atoms with Crippen LogP contribution in [0, 0.1) is 0 Å². The summed E-state index contributed by atoms with van der Waals surface area (Å²) in [7, 11) is 0. The van der Waals surface area contributed by atoms with Crippen LogP contribution in [-0.4, -0.2) is 36.6 Å². The van der Waals surface area contributed by atoms with Crippen LogP contribution in [0.15, 0.2) is 30.3 Å². The number of hydrogen-bond donors (Lipinski definition) is 3. The van der Waals surface area contributed by atoms with Crippen LogP contribution in [0.25, 0.3) is 0 Å². The van der Waals surface area contributed by atoms with Gasteiger partial charge in [0.2, 0.25) is 0 Å². The quantitative estimate of drug-likeness (QED) is 0.699. The van der Waals surface area contributed by atoms with E-state index in [-0.39, 0.29) is 18.6 Å². The molecule has 1 saturated carbocycles. The van der Waals surface area contributed by atoms with Crippen molar-refractivity contribution < 1.29 is 14.7 Å². The molecular weight excluding hydrogens is 268 g/mol. The maximum atomic E-state index is 11.8. The van der Waals surface area contributed by atoms with Gasteiger partial charge in [-0.1, -0.05) is 43.2 Å². The van der Waals surface area contributed by atoms with E-state index < -0.39 is 11.8 Å². The van der Waals surface area contributed by atoms with E-state index in [1.165, 1.54) is 5.56 Å². The van der Waals surface area contributed by atoms with E-state index >= 15 is 0 Å². The van der Waals surface area contributed by atoms with Crippen LogP contribution in [0.3, 0.4) is 0 Å². The molecule has 0 atom stereocenters. The van der Waals surface area contributed by atoms with Gasteiger partial charge in [-0.2, -0.15) is 0 Å². The normalized spacial score (nSPS) is 16.4. The van der Waals surface area contributed by atoms with Crippen molar-refractivity contribution in [1.29, 1.82) is 0 Å². The first-order valence-electron chi connectivity index (χ1n) is 7.40. The SMILES string of the molecule is O=C(NCCO)C(=O)NCC1(c2ccccc2)CCCC1. The standard InChI is InChI=1S/C16H22N2O3/c19-11-10-17-14(20)15(21)18-12-16(8-4-5-9-16)13-6-2-1-3-7-13/h1-3,6-7,19H,4-5,8-12H2,(H,17,20)(H,18,21). The van der Waals surface area contributed by atoms with Crippen LogP contribution in [0.2, 0.25) is 0 Å². The molecule has 1 aliphatic carbocycles. The van der Waals surface area contributed by atoms with Crippen molar-refractivity contribution in [3.63, 3.8) is 0 Å². The maximum absolute atomic E-state index is 11.8. The molecule has 1 fully saturated rings. The Morgan fingerprint density at radius 2 is 1.67 bits per heavy atom. The Labute approximate surface area is 124 Å². The van der Waals surface area contributed by atoms with Gasteiger partial charge < -0.3 is 15.7 Å². The Morgan fingerprint density at radius 1 is 1.05 bits per heavy atom. The van der Waals surface area contributed by atoms with Gasteiger partial charge in [-0.05, 0) is 18.4 Å². The monoisotopic (exact) mass is 290 g/mol. The number of carbonyl (C=O) groups is 2. The zero-order valence-electron chi connectivity index (χ0n) is 12.1. The molecule has 1 aromatic carbocycles. The van der Waals surface area contributed by atoms with E-state index in [2.05, 4.69) is 22.8 Å². The highest BCUT2D eigenvalue weighted by Crippen LogP contribution is 2.40. The minimum Gasteiger partial charge on any atom is -0.395 e. The molecule has 1 aromatic rings. The Kier molecular flexibility index (Phi) is 5.33. The van der Waals surface area contributed by atoms with Crippen molar-refractivity contribution in [2.75, 3.05) is 19.7 Å². The molecule has 0 heterocycles. The lowest BCUT2D eigenvalue weighted by molar-refractivity contribution is -0.139. The molecule has 0 aliphatic heterocycles. The van der Waals surface area contributed by atoms with Gasteiger partial charge in [0.1, 0.15) is 0 Å². The number of hydrogen-bond acceptors (Lipinski definition) is 3. The second-order valence-electron chi connectivity index (χ2n) is 5.52. The molecule has 2 amide bonds. The minimum absolute atomic E-state index is 0.0613. The molecule has 0 aromatic heterocycles. The average Bonchev–Trinajstić information content (AvgIpc) is 3.01. The van der Waals surface area contributed by atoms with E-state index in [0.29, 0.717) is 6.54 Å². The molecule has 1 aliphatic rings. The molecule has 0 unspecified atom stereocenters. The van der Waals surface area contributed by atoms with Gasteiger partial charge in [0, 0.05) is 18.5 Å². The van der Waals surface area contributed by atoms with Crippen molar-refractivity contribution in [3.8, 4) is 0 Å². The van der Waals surface area contributed by atoms with Gasteiger partial charge in [0.15, 0.2) is 0 Å². The summed E-state index contributed by atoms with van der Waals surface area (Å²) in [5, 5.41) is 13.7.